The average molecular weight is 310 g/mol. The Balaban J connectivity index is 2.41. The Morgan fingerprint density at radius 2 is 1.80 bits per heavy atom. The summed E-state index contributed by atoms with van der Waals surface area (Å²) in [7, 11) is 0. The van der Waals surface area contributed by atoms with Crippen LogP contribution in [0.4, 0.5) is 5.69 Å². The lowest BCUT2D eigenvalue weighted by Crippen LogP contribution is -1.91. The predicted octanol–water partition coefficient (Wildman–Crippen LogP) is 5.11. The number of ether oxygens (including phenoxy) is 1. The number of hydrogen-bond donors (Lipinski definition) is 2. The Kier molecular flexibility index (Phi) is 4.12. The fraction of sp³-hybridized carbons (Fsp3) is 0.0667. The van der Waals surface area contributed by atoms with Crippen LogP contribution in [0.25, 0.3) is 5.57 Å². The van der Waals surface area contributed by atoms with Crippen molar-refractivity contribution < 1.29 is 9.84 Å². The van der Waals surface area contributed by atoms with E-state index in [-0.39, 0.29) is 5.75 Å². The molecule has 0 fully saturated rings. The normalized spacial score (nSPS) is 10.3. The lowest BCUT2D eigenvalue weighted by molar-refractivity contribution is 0.463. The van der Waals surface area contributed by atoms with Gasteiger partial charge in [-0.05, 0) is 42.8 Å². The highest BCUT2D eigenvalue weighted by atomic mass is 35.5. The third kappa shape index (κ3) is 3.00. The van der Waals surface area contributed by atoms with Crippen molar-refractivity contribution in [1.82, 2.24) is 0 Å². The third-order valence-electron chi connectivity index (χ3n) is 2.67. The number of nitrogens with two attached hydrogens (primary N) is 1. The number of allylic oxidation sites excluding steroid dienone is 1. The van der Waals surface area contributed by atoms with E-state index in [2.05, 4.69) is 6.58 Å². The van der Waals surface area contributed by atoms with Crippen LogP contribution in [0.1, 0.15) is 12.5 Å². The SMILES string of the molecule is C=C(C)c1cc(Oc2c(Cl)cc(N)cc2Cl)ccc1O. The van der Waals surface area contributed by atoms with Crippen molar-refractivity contribution >= 4 is 34.5 Å². The number of halogens is 2. The number of nitrogen functional groups attached to an aromatic ring is 1. The average Bonchev–Trinajstić information content (AvgIpc) is 2.35. The Hall–Kier alpha value is -1.84. The van der Waals surface area contributed by atoms with E-state index in [9.17, 15) is 5.11 Å². The molecule has 0 saturated heterocycles. The van der Waals surface area contributed by atoms with Gasteiger partial charge in [-0.1, -0.05) is 29.8 Å². The topological polar surface area (TPSA) is 55.5 Å². The number of phenols is 1. The summed E-state index contributed by atoms with van der Waals surface area (Å²) in [6.07, 6.45) is 0. The summed E-state index contributed by atoms with van der Waals surface area (Å²) >= 11 is 12.1. The van der Waals surface area contributed by atoms with Crippen LogP contribution in [0.5, 0.6) is 17.2 Å². The molecule has 0 unspecified atom stereocenters. The van der Waals surface area contributed by atoms with Crippen LogP contribution < -0.4 is 10.5 Å². The molecule has 20 heavy (non-hydrogen) atoms. The van der Waals surface area contributed by atoms with Crippen molar-refractivity contribution in [3.8, 4) is 17.2 Å². The summed E-state index contributed by atoms with van der Waals surface area (Å²) in [5.41, 5.74) is 7.42. The molecule has 2 aromatic carbocycles. The Morgan fingerprint density at radius 1 is 1.20 bits per heavy atom. The summed E-state index contributed by atoms with van der Waals surface area (Å²) in [4.78, 5) is 0. The Bertz CT molecular complexity index is 661. The van der Waals surface area contributed by atoms with E-state index in [0.717, 1.165) is 5.57 Å². The van der Waals surface area contributed by atoms with Gasteiger partial charge in [0.25, 0.3) is 0 Å². The lowest BCUT2D eigenvalue weighted by atomic mass is 10.1. The summed E-state index contributed by atoms with van der Waals surface area (Å²) in [5.74, 6) is 0.953. The molecule has 5 heteroatoms. The summed E-state index contributed by atoms with van der Waals surface area (Å²) < 4.78 is 5.67. The molecule has 104 valence electrons. The molecule has 0 amide bonds. The molecule has 0 bridgehead atoms. The molecule has 0 radical (unpaired) electrons. The smallest absolute Gasteiger partial charge is 0.164 e. The minimum Gasteiger partial charge on any atom is -0.507 e. The van der Waals surface area contributed by atoms with Gasteiger partial charge in [0.2, 0.25) is 0 Å². The number of hydrogen-bond acceptors (Lipinski definition) is 3. The molecular weight excluding hydrogens is 297 g/mol. The first-order valence-corrected chi connectivity index (χ1v) is 6.55. The van der Waals surface area contributed by atoms with Gasteiger partial charge in [-0.15, -0.1) is 0 Å². The first-order valence-electron chi connectivity index (χ1n) is 5.79. The van der Waals surface area contributed by atoms with Gasteiger partial charge in [0.15, 0.2) is 5.75 Å². The molecule has 2 rings (SSSR count). The van der Waals surface area contributed by atoms with E-state index in [1.165, 1.54) is 6.07 Å². The van der Waals surface area contributed by atoms with Crippen molar-refractivity contribution in [3.63, 3.8) is 0 Å². The highest BCUT2D eigenvalue weighted by molar-refractivity contribution is 6.37. The third-order valence-corrected chi connectivity index (χ3v) is 3.23. The number of anilines is 1. The highest BCUT2D eigenvalue weighted by Gasteiger charge is 2.11. The van der Waals surface area contributed by atoms with Crippen molar-refractivity contribution in [2.45, 2.75) is 6.92 Å². The van der Waals surface area contributed by atoms with E-state index in [1.807, 2.05) is 0 Å². The predicted molar refractivity (Wildman–Crippen MR) is 83.8 cm³/mol. The summed E-state index contributed by atoms with van der Waals surface area (Å²) in [5, 5.41) is 10.4. The van der Waals surface area contributed by atoms with Gasteiger partial charge in [0, 0.05) is 11.3 Å². The number of benzene rings is 2. The highest BCUT2D eigenvalue weighted by Crippen LogP contribution is 2.39. The number of phenolic OH excluding ortho intramolecular Hbond substituents is 1. The zero-order valence-electron chi connectivity index (χ0n) is 10.8. The van der Waals surface area contributed by atoms with Gasteiger partial charge in [0.1, 0.15) is 11.5 Å². The molecule has 2 aromatic rings. The second-order valence-electron chi connectivity index (χ2n) is 4.38. The van der Waals surface area contributed by atoms with Crippen LogP contribution in [0.3, 0.4) is 0 Å². The summed E-state index contributed by atoms with van der Waals surface area (Å²) in [6.45, 7) is 5.59. The number of rotatable bonds is 3. The Labute approximate surface area is 127 Å². The van der Waals surface area contributed by atoms with Gasteiger partial charge in [-0.25, -0.2) is 0 Å². The molecule has 0 aliphatic rings. The number of aromatic hydroxyl groups is 1. The minimum atomic E-state index is 0.138. The summed E-state index contributed by atoms with van der Waals surface area (Å²) in [6, 6.07) is 7.93. The van der Waals surface area contributed by atoms with Crippen molar-refractivity contribution in [3.05, 3.63) is 52.5 Å². The van der Waals surface area contributed by atoms with Gasteiger partial charge >= 0.3 is 0 Å². The second kappa shape index (κ2) is 5.65. The van der Waals surface area contributed by atoms with Gasteiger partial charge < -0.3 is 15.6 Å². The van der Waals surface area contributed by atoms with E-state index >= 15 is 0 Å². The molecule has 0 aromatic heterocycles. The quantitative estimate of drug-likeness (QED) is 0.775. The minimum absolute atomic E-state index is 0.138. The first-order chi connectivity index (χ1) is 9.38. The van der Waals surface area contributed by atoms with E-state index in [1.54, 1.807) is 31.2 Å². The van der Waals surface area contributed by atoms with E-state index in [4.69, 9.17) is 33.7 Å². The molecule has 0 atom stereocenters. The van der Waals surface area contributed by atoms with Gasteiger partial charge in [-0.2, -0.15) is 0 Å². The molecule has 0 spiro atoms. The molecule has 0 aliphatic carbocycles. The maximum absolute atomic E-state index is 9.73. The van der Waals surface area contributed by atoms with Crippen LogP contribution in [-0.2, 0) is 0 Å². The molecule has 0 heterocycles. The fourth-order valence-corrected chi connectivity index (χ4v) is 2.30. The van der Waals surface area contributed by atoms with E-state index in [0.29, 0.717) is 32.8 Å². The largest absolute Gasteiger partial charge is 0.507 e. The standard InChI is InChI=1S/C15H13Cl2NO2/c1-8(2)11-7-10(3-4-14(11)19)20-15-12(16)5-9(18)6-13(15)17/h3-7,19H,1,18H2,2H3. The zero-order valence-corrected chi connectivity index (χ0v) is 12.3. The van der Waals surface area contributed by atoms with Crippen molar-refractivity contribution in [2.24, 2.45) is 0 Å². The lowest BCUT2D eigenvalue weighted by Gasteiger charge is -2.12. The van der Waals surface area contributed by atoms with Crippen molar-refractivity contribution in [1.29, 1.82) is 0 Å². The van der Waals surface area contributed by atoms with E-state index < -0.39 is 0 Å². The molecule has 0 aliphatic heterocycles. The molecule has 0 saturated carbocycles. The van der Waals surface area contributed by atoms with Crippen LogP contribution in [-0.4, -0.2) is 5.11 Å². The molecule has 3 nitrogen and oxygen atoms in total. The molecular formula is C15H13Cl2NO2. The van der Waals surface area contributed by atoms with Crippen LogP contribution >= 0.6 is 23.2 Å². The maximum atomic E-state index is 9.73. The second-order valence-corrected chi connectivity index (χ2v) is 5.19. The van der Waals surface area contributed by atoms with Crippen LogP contribution in [0.15, 0.2) is 36.9 Å². The maximum Gasteiger partial charge on any atom is 0.164 e. The van der Waals surface area contributed by atoms with Gasteiger partial charge in [-0.3, -0.25) is 0 Å². The van der Waals surface area contributed by atoms with Crippen molar-refractivity contribution in [2.75, 3.05) is 5.73 Å². The monoisotopic (exact) mass is 309 g/mol. The zero-order chi connectivity index (χ0) is 14.9. The first kappa shape index (κ1) is 14.6. The Morgan fingerprint density at radius 3 is 2.35 bits per heavy atom. The fourth-order valence-electron chi connectivity index (χ4n) is 1.72. The molecule has 3 N–H and O–H groups in total. The van der Waals surface area contributed by atoms with Gasteiger partial charge in [0.05, 0.1) is 10.0 Å². The van der Waals surface area contributed by atoms with Crippen LogP contribution in [0.2, 0.25) is 10.0 Å². The van der Waals surface area contributed by atoms with Crippen LogP contribution in [0, 0.1) is 0 Å².